The number of nitrogens with zero attached hydrogens (tertiary/aromatic N) is 5. The fourth-order valence-electron chi connectivity index (χ4n) is 2.90. The van der Waals surface area contributed by atoms with E-state index in [2.05, 4.69) is 20.1 Å². The van der Waals surface area contributed by atoms with Gasteiger partial charge in [0.25, 0.3) is 0 Å². The minimum atomic E-state index is -0.243. The molecule has 0 saturated carbocycles. The van der Waals surface area contributed by atoms with Crippen LogP contribution in [0, 0.1) is 5.82 Å². The van der Waals surface area contributed by atoms with Crippen LogP contribution in [0.15, 0.2) is 29.5 Å². The molecule has 0 aliphatic carbocycles. The van der Waals surface area contributed by atoms with Crippen LogP contribution in [-0.2, 0) is 6.54 Å². The molecule has 0 radical (unpaired) electrons. The van der Waals surface area contributed by atoms with Gasteiger partial charge in [0.15, 0.2) is 5.82 Å². The Bertz CT molecular complexity index is 685. The standard InChI is InChI=1S/C14H14FN5/c15-10-3-4-12-11(7-10)14(19-5-1-2-6-19)16-8-13-18-17-9-20(12)13/h3-4,7,9H,1-2,5-6,8H2. The molecule has 2 aliphatic rings. The van der Waals surface area contributed by atoms with Crippen molar-refractivity contribution in [1.82, 2.24) is 19.7 Å². The summed E-state index contributed by atoms with van der Waals surface area (Å²) in [5, 5.41) is 8.02. The number of amidine groups is 1. The second-order valence-electron chi connectivity index (χ2n) is 5.11. The van der Waals surface area contributed by atoms with E-state index in [0.717, 1.165) is 48.8 Å². The summed E-state index contributed by atoms with van der Waals surface area (Å²) >= 11 is 0. The van der Waals surface area contributed by atoms with Crippen molar-refractivity contribution in [2.75, 3.05) is 13.1 Å². The third-order valence-corrected chi connectivity index (χ3v) is 3.85. The highest BCUT2D eigenvalue weighted by Gasteiger charge is 2.24. The lowest BCUT2D eigenvalue weighted by molar-refractivity contribution is 0.517. The first-order chi connectivity index (χ1) is 9.83. The quantitative estimate of drug-likeness (QED) is 0.733. The van der Waals surface area contributed by atoms with Gasteiger partial charge in [0.1, 0.15) is 24.5 Å². The molecule has 20 heavy (non-hydrogen) atoms. The summed E-state index contributed by atoms with van der Waals surface area (Å²) in [6.07, 6.45) is 3.99. The van der Waals surface area contributed by atoms with Gasteiger partial charge in [0, 0.05) is 18.7 Å². The first-order valence-electron chi connectivity index (χ1n) is 6.81. The maximum atomic E-state index is 13.7. The van der Waals surface area contributed by atoms with Gasteiger partial charge in [-0.1, -0.05) is 0 Å². The second kappa shape index (κ2) is 4.40. The van der Waals surface area contributed by atoms with Crippen LogP contribution in [0.2, 0.25) is 0 Å². The van der Waals surface area contributed by atoms with Crippen LogP contribution >= 0.6 is 0 Å². The van der Waals surface area contributed by atoms with E-state index in [4.69, 9.17) is 0 Å². The van der Waals surface area contributed by atoms with Crippen LogP contribution in [0.1, 0.15) is 24.2 Å². The van der Waals surface area contributed by atoms with Crippen LogP contribution in [0.3, 0.4) is 0 Å². The first-order valence-corrected chi connectivity index (χ1v) is 6.81. The van der Waals surface area contributed by atoms with E-state index in [9.17, 15) is 4.39 Å². The molecule has 3 heterocycles. The van der Waals surface area contributed by atoms with Crippen molar-refractivity contribution in [2.24, 2.45) is 4.99 Å². The summed E-state index contributed by atoms with van der Waals surface area (Å²) in [4.78, 5) is 6.89. The predicted octanol–water partition coefficient (Wildman–Crippen LogP) is 1.76. The zero-order valence-corrected chi connectivity index (χ0v) is 11.0. The Morgan fingerprint density at radius 2 is 2.00 bits per heavy atom. The summed E-state index contributed by atoms with van der Waals surface area (Å²) in [5.41, 5.74) is 1.72. The molecule has 0 spiro atoms. The third-order valence-electron chi connectivity index (χ3n) is 3.85. The topological polar surface area (TPSA) is 46.3 Å². The fourth-order valence-corrected chi connectivity index (χ4v) is 2.90. The van der Waals surface area contributed by atoms with Crippen molar-refractivity contribution in [1.29, 1.82) is 0 Å². The average molecular weight is 271 g/mol. The second-order valence-corrected chi connectivity index (χ2v) is 5.11. The van der Waals surface area contributed by atoms with Crippen molar-refractivity contribution >= 4 is 5.84 Å². The molecule has 0 unspecified atom stereocenters. The average Bonchev–Trinajstić information content (AvgIpc) is 3.09. The zero-order valence-electron chi connectivity index (χ0n) is 11.0. The molecule has 0 N–H and O–H groups in total. The number of likely N-dealkylation sites (tertiary alicyclic amines) is 1. The summed E-state index contributed by atoms with van der Waals surface area (Å²) in [6.45, 7) is 2.44. The molecule has 0 atom stereocenters. The van der Waals surface area contributed by atoms with Crippen LogP contribution in [0.25, 0.3) is 5.69 Å². The molecular weight excluding hydrogens is 257 g/mol. The summed E-state index contributed by atoms with van der Waals surface area (Å²) in [6, 6.07) is 4.80. The van der Waals surface area contributed by atoms with Crippen molar-refractivity contribution in [3.05, 3.63) is 41.7 Å². The number of rotatable bonds is 0. The lowest BCUT2D eigenvalue weighted by Gasteiger charge is -2.21. The zero-order chi connectivity index (χ0) is 13.5. The molecule has 0 bridgehead atoms. The van der Waals surface area contributed by atoms with E-state index in [1.165, 1.54) is 6.07 Å². The van der Waals surface area contributed by atoms with E-state index in [1.54, 1.807) is 18.5 Å². The van der Waals surface area contributed by atoms with Gasteiger partial charge in [-0.3, -0.25) is 9.56 Å². The Labute approximate surface area is 115 Å². The van der Waals surface area contributed by atoms with Crippen LogP contribution < -0.4 is 0 Å². The first kappa shape index (κ1) is 11.6. The van der Waals surface area contributed by atoms with Gasteiger partial charge >= 0.3 is 0 Å². The smallest absolute Gasteiger partial charge is 0.159 e. The molecule has 102 valence electrons. The molecule has 5 nitrogen and oxygen atoms in total. The number of hydrogen-bond acceptors (Lipinski definition) is 4. The van der Waals surface area contributed by atoms with Gasteiger partial charge in [0.2, 0.25) is 0 Å². The molecule has 2 aliphatic heterocycles. The van der Waals surface area contributed by atoms with Crippen molar-refractivity contribution in [2.45, 2.75) is 19.4 Å². The van der Waals surface area contributed by atoms with E-state index < -0.39 is 0 Å². The molecule has 1 aromatic carbocycles. The number of hydrogen-bond donors (Lipinski definition) is 0. The van der Waals surface area contributed by atoms with Gasteiger partial charge in [0.05, 0.1) is 5.69 Å². The number of benzene rings is 1. The number of aromatic nitrogens is 3. The van der Waals surface area contributed by atoms with Gasteiger partial charge in [-0.15, -0.1) is 10.2 Å². The van der Waals surface area contributed by atoms with Crippen molar-refractivity contribution in [3.63, 3.8) is 0 Å². The summed E-state index contributed by atoms with van der Waals surface area (Å²) < 4.78 is 15.6. The van der Waals surface area contributed by atoms with Gasteiger partial charge in [-0.25, -0.2) is 4.39 Å². The summed E-state index contributed by atoms with van der Waals surface area (Å²) in [7, 11) is 0. The minimum absolute atomic E-state index is 0.243. The minimum Gasteiger partial charge on any atom is -0.356 e. The maximum absolute atomic E-state index is 13.7. The lowest BCUT2D eigenvalue weighted by Crippen LogP contribution is -2.29. The molecule has 1 aromatic heterocycles. The monoisotopic (exact) mass is 271 g/mol. The van der Waals surface area contributed by atoms with Crippen molar-refractivity contribution < 1.29 is 4.39 Å². The highest BCUT2D eigenvalue weighted by atomic mass is 19.1. The summed E-state index contributed by atoms with van der Waals surface area (Å²) in [5.74, 6) is 1.42. The normalized spacial score (nSPS) is 17.4. The van der Waals surface area contributed by atoms with Crippen molar-refractivity contribution in [3.8, 4) is 5.69 Å². The Hall–Kier alpha value is -2.24. The Morgan fingerprint density at radius 1 is 1.15 bits per heavy atom. The van der Waals surface area contributed by atoms with Crippen LogP contribution in [0.4, 0.5) is 4.39 Å². The van der Waals surface area contributed by atoms with Gasteiger partial charge < -0.3 is 4.90 Å². The van der Waals surface area contributed by atoms with Gasteiger partial charge in [-0.05, 0) is 31.0 Å². The van der Waals surface area contributed by atoms with E-state index in [1.807, 2.05) is 4.57 Å². The lowest BCUT2D eigenvalue weighted by atomic mass is 10.1. The largest absolute Gasteiger partial charge is 0.356 e. The predicted molar refractivity (Wildman–Crippen MR) is 72.4 cm³/mol. The molecule has 6 heteroatoms. The molecule has 0 amide bonds. The Balaban J connectivity index is 1.91. The fraction of sp³-hybridized carbons (Fsp3) is 0.357. The SMILES string of the molecule is Fc1ccc2c(c1)C(N1CCCC1)=NCc1nncn1-2. The van der Waals surface area contributed by atoms with Crippen LogP contribution in [-0.4, -0.2) is 38.6 Å². The third kappa shape index (κ3) is 1.71. The van der Waals surface area contributed by atoms with E-state index >= 15 is 0 Å². The molecule has 2 aromatic rings. The molecular formula is C14H14FN5. The molecule has 4 rings (SSSR count). The van der Waals surface area contributed by atoms with E-state index in [-0.39, 0.29) is 5.82 Å². The molecule has 1 saturated heterocycles. The highest BCUT2D eigenvalue weighted by molar-refractivity contribution is 6.02. The van der Waals surface area contributed by atoms with E-state index in [0.29, 0.717) is 6.54 Å². The number of fused-ring (bicyclic) bond motifs is 3. The Kier molecular flexibility index (Phi) is 2.55. The maximum Gasteiger partial charge on any atom is 0.159 e. The van der Waals surface area contributed by atoms with Gasteiger partial charge in [-0.2, -0.15) is 0 Å². The number of halogens is 1. The molecule has 1 fully saturated rings. The van der Waals surface area contributed by atoms with Crippen LogP contribution in [0.5, 0.6) is 0 Å². The Morgan fingerprint density at radius 3 is 2.85 bits per heavy atom. The highest BCUT2D eigenvalue weighted by Crippen LogP contribution is 2.25. The number of aliphatic imine (C=N–C) groups is 1.